The van der Waals surface area contributed by atoms with Gasteiger partial charge in [0.15, 0.2) is 0 Å². The number of hydrogen-bond donors (Lipinski definition) is 1. The Bertz CT molecular complexity index is 352. The first-order valence-electron chi connectivity index (χ1n) is 7.63. The Hall–Kier alpha value is -0.860. The highest BCUT2D eigenvalue weighted by Crippen LogP contribution is 2.16. The molecular formula is C17H27NO. The van der Waals surface area contributed by atoms with Gasteiger partial charge in [0.2, 0.25) is 0 Å². The minimum atomic E-state index is 0.605. The second-order valence-electron chi connectivity index (χ2n) is 5.95. The van der Waals surface area contributed by atoms with Crippen LogP contribution in [0.1, 0.15) is 50.2 Å². The molecule has 1 aromatic rings. The third kappa shape index (κ3) is 4.96. The summed E-state index contributed by atoms with van der Waals surface area (Å²) in [6, 6.07) is 8.82. The van der Waals surface area contributed by atoms with Crippen LogP contribution in [0, 0.1) is 5.92 Å². The molecule has 1 heterocycles. The summed E-state index contributed by atoms with van der Waals surface area (Å²) in [4.78, 5) is 0. The van der Waals surface area contributed by atoms with E-state index in [1.54, 1.807) is 0 Å². The summed E-state index contributed by atoms with van der Waals surface area (Å²) >= 11 is 0. The Balaban J connectivity index is 1.64. The molecule has 2 nitrogen and oxygen atoms in total. The van der Waals surface area contributed by atoms with E-state index in [9.17, 15) is 0 Å². The Morgan fingerprint density at radius 2 is 2.05 bits per heavy atom. The summed E-state index contributed by atoms with van der Waals surface area (Å²) in [5, 5.41) is 3.45. The van der Waals surface area contributed by atoms with Crippen molar-refractivity contribution in [2.24, 2.45) is 5.92 Å². The molecule has 1 aliphatic heterocycles. The van der Waals surface area contributed by atoms with Gasteiger partial charge in [-0.25, -0.2) is 0 Å². The van der Waals surface area contributed by atoms with Gasteiger partial charge in [-0.3, -0.25) is 0 Å². The number of ether oxygens (including phenoxy) is 1. The lowest BCUT2D eigenvalue weighted by Gasteiger charge is -2.22. The van der Waals surface area contributed by atoms with Gasteiger partial charge in [-0.05, 0) is 55.3 Å². The Morgan fingerprint density at radius 3 is 2.68 bits per heavy atom. The van der Waals surface area contributed by atoms with Gasteiger partial charge >= 0.3 is 0 Å². The molecule has 0 saturated carbocycles. The molecule has 0 aliphatic carbocycles. The van der Waals surface area contributed by atoms with E-state index < -0.39 is 0 Å². The Labute approximate surface area is 117 Å². The van der Waals surface area contributed by atoms with Crippen molar-refractivity contribution in [3.05, 3.63) is 35.4 Å². The van der Waals surface area contributed by atoms with Crippen LogP contribution in [0.2, 0.25) is 0 Å². The van der Waals surface area contributed by atoms with E-state index in [1.807, 2.05) is 0 Å². The summed E-state index contributed by atoms with van der Waals surface area (Å²) in [7, 11) is 0. The lowest BCUT2D eigenvalue weighted by molar-refractivity contribution is 0.103. The number of benzene rings is 1. The van der Waals surface area contributed by atoms with E-state index in [0.29, 0.717) is 5.92 Å². The molecule has 1 unspecified atom stereocenters. The zero-order valence-corrected chi connectivity index (χ0v) is 12.3. The molecule has 1 aromatic carbocycles. The largest absolute Gasteiger partial charge is 0.377 e. The standard InChI is InChI=1S/C17H27NO/c1-14(2)17-7-5-16(6-8-17)13-19-11-9-15-4-3-10-18-12-15/h5-8,14-15,18H,3-4,9-13H2,1-2H3. The average Bonchev–Trinajstić information content (AvgIpc) is 2.45. The van der Waals surface area contributed by atoms with Gasteiger partial charge in [0.05, 0.1) is 6.61 Å². The van der Waals surface area contributed by atoms with Gasteiger partial charge in [0.25, 0.3) is 0 Å². The van der Waals surface area contributed by atoms with Gasteiger partial charge in [-0.2, -0.15) is 0 Å². The molecule has 0 amide bonds. The van der Waals surface area contributed by atoms with Crippen LogP contribution in [0.4, 0.5) is 0 Å². The fourth-order valence-corrected chi connectivity index (χ4v) is 2.61. The first-order chi connectivity index (χ1) is 9.25. The predicted octanol–water partition coefficient (Wildman–Crippen LogP) is 3.72. The molecule has 106 valence electrons. The van der Waals surface area contributed by atoms with Crippen molar-refractivity contribution in [3.8, 4) is 0 Å². The molecule has 2 heteroatoms. The van der Waals surface area contributed by atoms with Crippen LogP contribution in [0.3, 0.4) is 0 Å². The van der Waals surface area contributed by atoms with Crippen molar-refractivity contribution in [1.82, 2.24) is 5.32 Å². The van der Waals surface area contributed by atoms with Crippen molar-refractivity contribution >= 4 is 0 Å². The van der Waals surface area contributed by atoms with Crippen LogP contribution in [0.5, 0.6) is 0 Å². The van der Waals surface area contributed by atoms with Crippen molar-refractivity contribution < 1.29 is 4.74 Å². The maximum atomic E-state index is 5.80. The third-order valence-corrected chi connectivity index (χ3v) is 3.98. The molecule has 2 rings (SSSR count). The molecule has 0 spiro atoms. The van der Waals surface area contributed by atoms with E-state index in [1.165, 1.54) is 43.5 Å². The van der Waals surface area contributed by atoms with Gasteiger partial charge in [-0.15, -0.1) is 0 Å². The minimum Gasteiger partial charge on any atom is -0.377 e. The van der Waals surface area contributed by atoms with Crippen LogP contribution in [0.15, 0.2) is 24.3 Å². The highest BCUT2D eigenvalue weighted by Gasteiger charge is 2.12. The summed E-state index contributed by atoms with van der Waals surface area (Å²) in [5.41, 5.74) is 2.68. The van der Waals surface area contributed by atoms with E-state index in [0.717, 1.165) is 19.1 Å². The summed E-state index contributed by atoms with van der Waals surface area (Å²) in [6.07, 6.45) is 3.87. The van der Waals surface area contributed by atoms with E-state index in [-0.39, 0.29) is 0 Å². The van der Waals surface area contributed by atoms with E-state index in [2.05, 4.69) is 43.4 Å². The Kier molecular flexibility index (Phi) is 5.87. The van der Waals surface area contributed by atoms with Crippen molar-refractivity contribution in [2.75, 3.05) is 19.7 Å². The first-order valence-corrected chi connectivity index (χ1v) is 7.63. The number of hydrogen-bond acceptors (Lipinski definition) is 2. The molecule has 1 aliphatic rings. The molecule has 0 bridgehead atoms. The maximum absolute atomic E-state index is 5.80. The topological polar surface area (TPSA) is 21.3 Å². The minimum absolute atomic E-state index is 0.605. The molecule has 0 radical (unpaired) electrons. The predicted molar refractivity (Wildman–Crippen MR) is 80.4 cm³/mol. The quantitative estimate of drug-likeness (QED) is 0.788. The van der Waals surface area contributed by atoms with Crippen LogP contribution >= 0.6 is 0 Å². The number of nitrogens with one attached hydrogen (secondary N) is 1. The maximum Gasteiger partial charge on any atom is 0.0716 e. The molecule has 1 fully saturated rings. The van der Waals surface area contributed by atoms with Crippen molar-refractivity contribution in [2.45, 2.75) is 45.6 Å². The Morgan fingerprint density at radius 1 is 1.26 bits per heavy atom. The summed E-state index contributed by atoms with van der Waals surface area (Å²) in [6.45, 7) is 8.45. The van der Waals surface area contributed by atoms with Crippen molar-refractivity contribution in [3.63, 3.8) is 0 Å². The molecule has 1 atom stereocenters. The summed E-state index contributed by atoms with van der Waals surface area (Å²) < 4.78 is 5.80. The van der Waals surface area contributed by atoms with E-state index in [4.69, 9.17) is 4.74 Å². The van der Waals surface area contributed by atoms with Gasteiger partial charge < -0.3 is 10.1 Å². The number of piperidine rings is 1. The smallest absolute Gasteiger partial charge is 0.0716 e. The van der Waals surface area contributed by atoms with Gasteiger partial charge in [0.1, 0.15) is 0 Å². The van der Waals surface area contributed by atoms with Crippen LogP contribution < -0.4 is 5.32 Å². The highest BCUT2D eigenvalue weighted by atomic mass is 16.5. The normalized spacial score (nSPS) is 19.8. The first kappa shape index (κ1) is 14.5. The molecule has 1 N–H and O–H groups in total. The fourth-order valence-electron chi connectivity index (χ4n) is 2.61. The SMILES string of the molecule is CC(C)c1ccc(COCCC2CCCNC2)cc1. The lowest BCUT2D eigenvalue weighted by Crippen LogP contribution is -2.30. The second-order valence-corrected chi connectivity index (χ2v) is 5.95. The highest BCUT2D eigenvalue weighted by molar-refractivity contribution is 5.24. The lowest BCUT2D eigenvalue weighted by atomic mass is 9.97. The zero-order valence-electron chi connectivity index (χ0n) is 12.3. The average molecular weight is 261 g/mol. The second kappa shape index (κ2) is 7.66. The van der Waals surface area contributed by atoms with E-state index >= 15 is 0 Å². The molecular weight excluding hydrogens is 234 g/mol. The van der Waals surface area contributed by atoms with Crippen LogP contribution in [-0.4, -0.2) is 19.7 Å². The zero-order chi connectivity index (χ0) is 13.5. The monoisotopic (exact) mass is 261 g/mol. The van der Waals surface area contributed by atoms with Gasteiger partial charge in [0, 0.05) is 6.61 Å². The molecule has 0 aromatic heterocycles. The van der Waals surface area contributed by atoms with Crippen LogP contribution in [-0.2, 0) is 11.3 Å². The third-order valence-electron chi connectivity index (χ3n) is 3.98. The molecule has 1 saturated heterocycles. The van der Waals surface area contributed by atoms with Gasteiger partial charge in [-0.1, -0.05) is 38.1 Å². The number of rotatable bonds is 6. The summed E-state index contributed by atoms with van der Waals surface area (Å²) in [5.74, 6) is 1.42. The van der Waals surface area contributed by atoms with Crippen LogP contribution in [0.25, 0.3) is 0 Å². The van der Waals surface area contributed by atoms with Crippen molar-refractivity contribution in [1.29, 1.82) is 0 Å². The molecule has 19 heavy (non-hydrogen) atoms. The fraction of sp³-hybridized carbons (Fsp3) is 0.647.